The van der Waals surface area contributed by atoms with Gasteiger partial charge in [-0.1, -0.05) is 34.1 Å². The molecule has 7 heteroatoms. The molecule has 1 fully saturated rings. The van der Waals surface area contributed by atoms with Crippen LogP contribution in [-0.2, 0) is 28.7 Å². The molecule has 0 aromatic carbocycles. The number of Topliss-reactive ketones (excluding diaryl/α,β-unsaturated/α-hetero) is 2. The van der Waals surface area contributed by atoms with E-state index in [-0.39, 0.29) is 46.9 Å². The van der Waals surface area contributed by atoms with Crippen LogP contribution in [0.5, 0.6) is 0 Å². The molecule has 0 aromatic heterocycles. The Morgan fingerprint density at radius 1 is 1.10 bits per heavy atom. The molecule has 1 saturated carbocycles. The summed E-state index contributed by atoms with van der Waals surface area (Å²) in [5.74, 6) is -2.99. The summed E-state index contributed by atoms with van der Waals surface area (Å²) in [6.45, 7) is 10.3. The molecule has 170 valence electrons. The third-order valence-electron chi connectivity index (χ3n) is 7.35. The zero-order valence-electron chi connectivity index (χ0n) is 19.2. The summed E-state index contributed by atoms with van der Waals surface area (Å²) in [5.41, 5.74) is -0.560. The first-order chi connectivity index (χ1) is 14.3. The van der Waals surface area contributed by atoms with E-state index in [1.807, 2.05) is 13.8 Å². The molecule has 0 amide bonds. The summed E-state index contributed by atoms with van der Waals surface area (Å²) < 4.78 is 11.0. The quantitative estimate of drug-likeness (QED) is 0.411. The number of allylic oxidation sites excluding steroid dienone is 2. The highest BCUT2D eigenvalue weighted by atomic mass is 16.5. The molecule has 4 atom stereocenters. The van der Waals surface area contributed by atoms with Crippen LogP contribution in [-0.4, -0.2) is 41.3 Å². The van der Waals surface area contributed by atoms with E-state index in [0.717, 1.165) is 12.8 Å². The SMILES string of the molecule is CC(=O)OC[C@@]1(C)CCC[C@]2(C)C3=C(C(O)=C(C(C)C)C(=O)C3=O)[C@H](OC(C)=O)CC12. The van der Waals surface area contributed by atoms with Gasteiger partial charge in [0.15, 0.2) is 0 Å². The minimum absolute atomic E-state index is 0.0708. The Balaban J connectivity index is 2.23. The van der Waals surface area contributed by atoms with Gasteiger partial charge in [-0.05, 0) is 31.1 Å². The van der Waals surface area contributed by atoms with Gasteiger partial charge >= 0.3 is 11.9 Å². The van der Waals surface area contributed by atoms with Crippen molar-refractivity contribution >= 4 is 23.5 Å². The Morgan fingerprint density at radius 2 is 1.74 bits per heavy atom. The van der Waals surface area contributed by atoms with Crippen LogP contribution in [0, 0.1) is 22.7 Å². The van der Waals surface area contributed by atoms with Crippen molar-refractivity contribution in [2.45, 2.75) is 73.3 Å². The predicted octanol–water partition coefficient (Wildman–Crippen LogP) is 3.61. The van der Waals surface area contributed by atoms with Crippen molar-refractivity contribution in [1.29, 1.82) is 0 Å². The number of carbonyl (C=O) groups excluding carboxylic acids is 4. The van der Waals surface area contributed by atoms with Crippen LogP contribution < -0.4 is 0 Å². The summed E-state index contributed by atoms with van der Waals surface area (Å²) in [7, 11) is 0. The number of carbonyl (C=O) groups is 4. The first-order valence-corrected chi connectivity index (χ1v) is 10.9. The maximum Gasteiger partial charge on any atom is 0.303 e. The van der Waals surface area contributed by atoms with Gasteiger partial charge in [0.2, 0.25) is 11.6 Å². The van der Waals surface area contributed by atoms with Crippen LogP contribution in [0.1, 0.15) is 67.2 Å². The lowest BCUT2D eigenvalue weighted by molar-refractivity contribution is -0.155. The van der Waals surface area contributed by atoms with E-state index >= 15 is 0 Å². The minimum Gasteiger partial charge on any atom is -0.507 e. The highest BCUT2D eigenvalue weighted by Gasteiger charge is 2.59. The fraction of sp³-hybridized carbons (Fsp3) is 0.667. The van der Waals surface area contributed by atoms with Crippen molar-refractivity contribution in [2.75, 3.05) is 6.61 Å². The normalized spacial score (nSPS) is 33.3. The fourth-order valence-corrected chi connectivity index (χ4v) is 6.04. The number of hydrogen-bond donors (Lipinski definition) is 1. The van der Waals surface area contributed by atoms with Gasteiger partial charge in [-0.25, -0.2) is 0 Å². The molecule has 1 N–H and O–H groups in total. The van der Waals surface area contributed by atoms with E-state index < -0.39 is 34.5 Å². The smallest absolute Gasteiger partial charge is 0.303 e. The largest absolute Gasteiger partial charge is 0.507 e. The van der Waals surface area contributed by atoms with Gasteiger partial charge in [0.05, 0.1) is 6.61 Å². The summed E-state index contributed by atoms with van der Waals surface area (Å²) in [5, 5.41) is 11.1. The van der Waals surface area contributed by atoms with Gasteiger partial charge in [-0.3, -0.25) is 19.2 Å². The molecule has 7 nitrogen and oxygen atoms in total. The van der Waals surface area contributed by atoms with Crippen molar-refractivity contribution in [3.63, 3.8) is 0 Å². The Kier molecular flexibility index (Phi) is 5.93. The minimum atomic E-state index is -0.842. The van der Waals surface area contributed by atoms with Crippen LogP contribution in [0.3, 0.4) is 0 Å². The van der Waals surface area contributed by atoms with Crippen molar-refractivity contribution in [3.05, 3.63) is 22.5 Å². The Bertz CT molecular complexity index is 909. The fourth-order valence-electron chi connectivity index (χ4n) is 6.04. The molecule has 0 bridgehead atoms. The summed E-state index contributed by atoms with van der Waals surface area (Å²) in [6, 6.07) is 0. The van der Waals surface area contributed by atoms with Crippen molar-refractivity contribution in [3.8, 4) is 0 Å². The van der Waals surface area contributed by atoms with Crippen LogP contribution in [0.4, 0.5) is 0 Å². The second-order valence-electron chi connectivity index (χ2n) is 9.96. The molecule has 1 unspecified atom stereocenters. The number of aliphatic hydroxyl groups excluding tert-OH is 1. The third kappa shape index (κ3) is 3.72. The summed E-state index contributed by atoms with van der Waals surface area (Å²) in [4.78, 5) is 49.8. The van der Waals surface area contributed by atoms with E-state index in [2.05, 4.69) is 0 Å². The predicted molar refractivity (Wildman–Crippen MR) is 112 cm³/mol. The van der Waals surface area contributed by atoms with E-state index in [1.54, 1.807) is 13.8 Å². The number of hydrogen-bond acceptors (Lipinski definition) is 7. The monoisotopic (exact) mass is 432 g/mol. The highest BCUT2D eigenvalue weighted by molar-refractivity contribution is 6.50. The number of esters is 2. The number of ether oxygens (including phenoxy) is 2. The molecule has 0 saturated heterocycles. The van der Waals surface area contributed by atoms with Crippen LogP contribution in [0.25, 0.3) is 0 Å². The van der Waals surface area contributed by atoms with Crippen molar-refractivity contribution in [2.24, 2.45) is 22.7 Å². The molecule has 31 heavy (non-hydrogen) atoms. The molecule has 3 aliphatic carbocycles. The maximum absolute atomic E-state index is 13.4. The molecular formula is C24H32O7. The first-order valence-electron chi connectivity index (χ1n) is 10.9. The first kappa shape index (κ1) is 23.2. The Hall–Kier alpha value is -2.44. The number of rotatable bonds is 4. The standard InChI is InChI=1S/C24H32O7/c1-12(2)17-20(27)18-15(31-14(4)26)10-16-23(5,11-30-13(3)25)8-7-9-24(16,6)19(18)22(29)21(17)28/h12,15-16,27H,7-11H2,1-6H3/t15-,16?,23-,24+/m1/s1. The Labute approximate surface area is 182 Å². The summed E-state index contributed by atoms with van der Waals surface area (Å²) >= 11 is 0. The second kappa shape index (κ2) is 7.92. The number of fused-ring (bicyclic) bond motifs is 2. The lowest BCUT2D eigenvalue weighted by Crippen LogP contribution is -2.55. The number of aliphatic hydroxyl groups is 1. The molecule has 0 aromatic rings. The molecule has 3 aliphatic rings. The van der Waals surface area contributed by atoms with Crippen molar-refractivity contribution < 1.29 is 33.8 Å². The van der Waals surface area contributed by atoms with Gasteiger partial charge in [-0.2, -0.15) is 0 Å². The van der Waals surface area contributed by atoms with Crippen molar-refractivity contribution in [1.82, 2.24) is 0 Å². The molecule has 0 radical (unpaired) electrons. The highest BCUT2D eigenvalue weighted by Crippen LogP contribution is 2.61. The van der Waals surface area contributed by atoms with Crippen LogP contribution in [0.15, 0.2) is 22.5 Å². The maximum atomic E-state index is 13.4. The van der Waals surface area contributed by atoms with E-state index in [1.165, 1.54) is 13.8 Å². The molecular weight excluding hydrogens is 400 g/mol. The number of ketones is 2. The van der Waals surface area contributed by atoms with E-state index in [9.17, 15) is 24.3 Å². The molecule has 0 spiro atoms. The van der Waals surface area contributed by atoms with Gasteiger partial charge < -0.3 is 14.6 Å². The van der Waals surface area contributed by atoms with E-state index in [4.69, 9.17) is 9.47 Å². The zero-order chi connectivity index (χ0) is 23.3. The van der Waals surface area contributed by atoms with Crippen LogP contribution in [0.2, 0.25) is 0 Å². The van der Waals surface area contributed by atoms with Gasteiger partial charge in [0, 0.05) is 41.4 Å². The molecule has 0 aliphatic heterocycles. The molecule has 0 heterocycles. The zero-order valence-corrected chi connectivity index (χ0v) is 19.2. The van der Waals surface area contributed by atoms with Gasteiger partial charge in [0.1, 0.15) is 11.9 Å². The molecule has 3 rings (SSSR count). The van der Waals surface area contributed by atoms with E-state index in [0.29, 0.717) is 12.8 Å². The van der Waals surface area contributed by atoms with Gasteiger partial charge in [0.25, 0.3) is 0 Å². The average molecular weight is 433 g/mol. The Morgan fingerprint density at radius 3 is 2.29 bits per heavy atom. The van der Waals surface area contributed by atoms with Gasteiger partial charge in [-0.15, -0.1) is 0 Å². The second-order valence-corrected chi connectivity index (χ2v) is 9.96. The average Bonchev–Trinajstić information content (AvgIpc) is 2.64. The summed E-state index contributed by atoms with van der Waals surface area (Å²) in [6.07, 6.45) is 1.75. The topological polar surface area (TPSA) is 107 Å². The lowest BCUT2D eigenvalue weighted by atomic mass is 9.48. The lowest BCUT2D eigenvalue weighted by Gasteiger charge is -2.56. The van der Waals surface area contributed by atoms with Crippen LogP contribution >= 0.6 is 0 Å². The third-order valence-corrected chi connectivity index (χ3v) is 7.35.